The molecule has 158 valence electrons. The number of carbonyl (C=O) groups excluding carboxylic acids is 1. The van der Waals surface area contributed by atoms with Crippen molar-refractivity contribution in [1.29, 1.82) is 0 Å². The standard InChI is InChI=1S/C24H38O4/c1-22-12-5-4-6-16(22)7-8-17-18(22)11-13-24(21(25)26-3)19(17)9-10-20(24)23(2)27-14-15-28-23/h16-20H,4-15H2,1-3H3/t16?,17-,18+,19+,20?,22+,24-/m1/s1. The van der Waals surface area contributed by atoms with E-state index in [9.17, 15) is 4.79 Å². The van der Waals surface area contributed by atoms with Crippen molar-refractivity contribution >= 4 is 5.97 Å². The molecule has 1 saturated heterocycles. The van der Waals surface area contributed by atoms with Gasteiger partial charge in [-0.1, -0.05) is 19.8 Å². The second kappa shape index (κ2) is 6.70. The van der Waals surface area contributed by atoms with Gasteiger partial charge in [0.1, 0.15) is 0 Å². The molecule has 0 radical (unpaired) electrons. The van der Waals surface area contributed by atoms with Crippen molar-refractivity contribution in [3.63, 3.8) is 0 Å². The van der Waals surface area contributed by atoms with Crippen LogP contribution in [0.4, 0.5) is 0 Å². The number of ether oxygens (including phenoxy) is 3. The smallest absolute Gasteiger partial charge is 0.312 e. The molecule has 0 N–H and O–H groups in total. The Morgan fingerprint density at radius 2 is 1.68 bits per heavy atom. The first-order chi connectivity index (χ1) is 13.5. The summed E-state index contributed by atoms with van der Waals surface area (Å²) in [6.45, 7) is 5.94. The Morgan fingerprint density at radius 3 is 2.43 bits per heavy atom. The summed E-state index contributed by atoms with van der Waals surface area (Å²) >= 11 is 0. The molecule has 7 atom stereocenters. The highest BCUT2D eigenvalue weighted by molar-refractivity contribution is 5.78. The lowest BCUT2D eigenvalue weighted by molar-refractivity contribution is -0.228. The fourth-order valence-corrected chi connectivity index (χ4v) is 9.02. The van der Waals surface area contributed by atoms with Gasteiger partial charge >= 0.3 is 5.97 Å². The second-order valence-electron chi connectivity index (χ2n) is 10.8. The van der Waals surface area contributed by atoms with Gasteiger partial charge < -0.3 is 14.2 Å². The number of rotatable bonds is 2. The summed E-state index contributed by atoms with van der Waals surface area (Å²) in [4.78, 5) is 13.4. The topological polar surface area (TPSA) is 44.8 Å². The van der Waals surface area contributed by atoms with Gasteiger partial charge in [0, 0.05) is 5.92 Å². The molecule has 0 aromatic carbocycles. The normalized spacial score (nSPS) is 49.8. The minimum atomic E-state index is -0.623. The fourth-order valence-electron chi connectivity index (χ4n) is 9.02. The second-order valence-corrected chi connectivity index (χ2v) is 10.8. The molecular weight excluding hydrogens is 352 g/mol. The van der Waals surface area contributed by atoms with Gasteiger partial charge in [-0.15, -0.1) is 0 Å². The van der Waals surface area contributed by atoms with Crippen LogP contribution < -0.4 is 0 Å². The number of hydrogen-bond donors (Lipinski definition) is 0. The maximum absolute atomic E-state index is 13.4. The van der Waals surface area contributed by atoms with Crippen LogP contribution >= 0.6 is 0 Å². The molecule has 0 aromatic heterocycles. The number of carbonyl (C=O) groups is 1. The first-order valence-corrected chi connectivity index (χ1v) is 11.8. The highest BCUT2D eigenvalue weighted by atomic mass is 16.7. The number of fused-ring (bicyclic) bond motifs is 5. The van der Waals surface area contributed by atoms with Gasteiger partial charge in [0.25, 0.3) is 0 Å². The van der Waals surface area contributed by atoms with Crippen LogP contribution in [0.1, 0.15) is 78.1 Å². The molecule has 4 aliphatic carbocycles. The average Bonchev–Trinajstić information content (AvgIpc) is 3.32. The lowest BCUT2D eigenvalue weighted by Gasteiger charge is -2.60. The molecule has 5 aliphatic rings. The van der Waals surface area contributed by atoms with E-state index in [4.69, 9.17) is 14.2 Å². The number of hydrogen-bond acceptors (Lipinski definition) is 4. The molecule has 4 nitrogen and oxygen atoms in total. The van der Waals surface area contributed by atoms with E-state index >= 15 is 0 Å². The SMILES string of the molecule is COC(=O)[C@]12CC[C@H]3[C@@H](CCC4CCCC[C@@]43C)[C@@H]1CCC2C1(C)OCCO1. The van der Waals surface area contributed by atoms with Crippen molar-refractivity contribution in [3.8, 4) is 0 Å². The van der Waals surface area contributed by atoms with Crippen LogP contribution in [0.15, 0.2) is 0 Å². The average molecular weight is 391 g/mol. The third kappa shape index (κ3) is 2.46. The van der Waals surface area contributed by atoms with Crippen molar-refractivity contribution in [2.75, 3.05) is 20.3 Å². The Hall–Kier alpha value is -0.610. The van der Waals surface area contributed by atoms with Crippen LogP contribution in [-0.2, 0) is 19.0 Å². The van der Waals surface area contributed by atoms with Crippen LogP contribution in [0, 0.1) is 40.4 Å². The van der Waals surface area contributed by atoms with E-state index in [0.29, 0.717) is 30.5 Å². The molecule has 2 unspecified atom stereocenters. The molecule has 0 aromatic rings. The van der Waals surface area contributed by atoms with E-state index in [1.54, 1.807) is 7.11 Å². The minimum Gasteiger partial charge on any atom is -0.469 e. The van der Waals surface area contributed by atoms with E-state index in [-0.39, 0.29) is 11.9 Å². The highest BCUT2D eigenvalue weighted by Gasteiger charge is 2.68. The van der Waals surface area contributed by atoms with Crippen molar-refractivity contribution in [2.24, 2.45) is 40.4 Å². The largest absolute Gasteiger partial charge is 0.469 e. The summed E-state index contributed by atoms with van der Waals surface area (Å²) in [5, 5.41) is 0. The zero-order valence-electron chi connectivity index (χ0n) is 18.0. The van der Waals surface area contributed by atoms with Crippen molar-refractivity contribution < 1.29 is 19.0 Å². The van der Waals surface area contributed by atoms with Gasteiger partial charge in [0.05, 0.1) is 25.7 Å². The van der Waals surface area contributed by atoms with Gasteiger partial charge in [-0.25, -0.2) is 0 Å². The van der Waals surface area contributed by atoms with E-state index in [0.717, 1.165) is 31.1 Å². The first-order valence-electron chi connectivity index (χ1n) is 11.8. The van der Waals surface area contributed by atoms with Crippen LogP contribution in [0.5, 0.6) is 0 Å². The van der Waals surface area contributed by atoms with Crippen molar-refractivity contribution in [2.45, 2.75) is 83.8 Å². The molecule has 4 heteroatoms. The molecule has 1 aliphatic heterocycles. The van der Waals surface area contributed by atoms with Gasteiger partial charge in [-0.05, 0) is 87.4 Å². The Morgan fingerprint density at radius 1 is 0.893 bits per heavy atom. The summed E-state index contributed by atoms with van der Waals surface area (Å²) in [6, 6.07) is 0. The summed E-state index contributed by atoms with van der Waals surface area (Å²) < 4.78 is 17.7. The van der Waals surface area contributed by atoms with Crippen LogP contribution in [0.3, 0.4) is 0 Å². The third-order valence-electron chi connectivity index (χ3n) is 10.2. The number of methoxy groups -OCH3 is 1. The van der Waals surface area contributed by atoms with Gasteiger partial charge in [-0.3, -0.25) is 4.79 Å². The summed E-state index contributed by atoms with van der Waals surface area (Å²) in [5.74, 6) is 2.31. The molecule has 0 spiro atoms. The molecule has 0 amide bonds. The van der Waals surface area contributed by atoms with Crippen molar-refractivity contribution in [1.82, 2.24) is 0 Å². The Bertz CT molecular complexity index is 626. The van der Waals surface area contributed by atoms with Gasteiger partial charge in [0.2, 0.25) is 0 Å². The Balaban J connectivity index is 1.51. The lowest BCUT2D eigenvalue weighted by Crippen LogP contribution is -2.58. The predicted octanol–water partition coefficient (Wildman–Crippen LogP) is 4.95. The molecule has 5 fully saturated rings. The molecular formula is C24H38O4. The maximum Gasteiger partial charge on any atom is 0.312 e. The first kappa shape index (κ1) is 19.4. The predicted molar refractivity (Wildman–Crippen MR) is 106 cm³/mol. The van der Waals surface area contributed by atoms with Crippen molar-refractivity contribution in [3.05, 3.63) is 0 Å². The quantitative estimate of drug-likeness (QED) is 0.626. The third-order valence-corrected chi connectivity index (χ3v) is 10.2. The monoisotopic (exact) mass is 390 g/mol. The summed E-state index contributed by atoms with van der Waals surface area (Å²) in [5.41, 5.74) is 0.0820. The van der Waals surface area contributed by atoms with Gasteiger partial charge in [-0.2, -0.15) is 0 Å². The molecule has 0 bridgehead atoms. The minimum absolute atomic E-state index is 0.00898. The summed E-state index contributed by atoms with van der Waals surface area (Å²) in [6.07, 6.45) is 12.6. The molecule has 5 rings (SSSR count). The van der Waals surface area contributed by atoms with E-state index in [1.807, 2.05) is 0 Å². The lowest BCUT2D eigenvalue weighted by atomic mass is 9.44. The fraction of sp³-hybridized carbons (Fsp3) is 0.958. The van der Waals surface area contributed by atoms with E-state index in [1.165, 1.54) is 44.9 Å². The molecule has 1 heterocycles. The summed E-state index contributed by atoms with van der Waals surface area (Å²) in [7, 11) is 1.58. The van der Waals surface area contributed by atoms with Gasteiger partial charge in [0.15, 0.2) is 5.79 Å². The Labute approximate surface area is 170 Å². The van der Waals surface area contributed by atoms with Crippen LogP contribution in [0.25, 0.3) is 0 Å². The Kier molecular flexibility index (Phi) is 4.63. The van der Waals surface area contributed by atoms with Crippen LogP contribution in [-0.4, -0.2) is 32.1 Å². The maximum atomic E-state index is 13.4. The highest BCUT2D eigenvalue weighted by Crippen LogP contribution is 2.69. The molecule has 28 heavy (non-hydrogen) atoms. The zero-order chi connectivity index (χ0) is 19.6. The number of esters is 1. The van der Waals surface area contributed by atoms with E-state index < -0.39 is 11.2 Å². The van der Waals surface area contributed by atoms with E-state index in [2.05, 4.69) is 13.8 Å². The zero-order valence-corrected chi connectivity index (χ0v) is 18.0. The van der Waals surface area contributed by atoms with Crippen LogP contribution in [0.2, 0.25) is 0 Å². The molecule has 4 saturated carbocycles.